The predicted molar refractivity (Wildman–Crippen MR) is 127 cm³/mol. The first-order chi connectivity index (χ1) is 17.3. The smallest absolute Gasteiger partial charge is 0.468 e. The number of hydrogen-bond donors (Lipinski definition) is 2. The molecule has 4 atom stereocenters. The van der Waals surface area contributed by atoms with Crippen molar-refractivity contribution in [3.63, 3.8) is 0 Å². The molecule has 1 aromatic heterocycles. The number of benzene rings is 2. The Kier molecular flexibility index (Phi) is 5.72. The van der Waals surface area contributed by atoms with E-state index in [1.165, 1.54) is 19.2 Å². The van der Waals surface area contributed by atoms with E-state index in [1.54, 1.807) is 12.1 Å². The number of aromatic amines is 1. The van der Waals surface area contributed by atoms with Gasteiger partial charge < -0.3 is 19.8 Å². The molecule has 0 amide bonds. The Morgan fingerprint density at radius 3 is 2.44 bits per heavy atom. The van der Waals surface area contributed by atoms with E-state index < -0.39 is 12.4 Å². The number of aromatic nitrogens is 1. The summed E-state index contributed by atoms with van der Waals surface area (Å²) in [4.78, 5) is 19.0. The number of nitrogens with one attached hydrogen (secondary N) is 2. The summed E-state index contributed by atoms with van der Waals surface area (Å²) in [5, 5.41) is 4.87. The van der Waals surface area contributed by atoms with Crippen LogP contribution in [-0.4, -0.2) is 47.5 Å². The van der Waals surface area contributed by atoms with E-state index in [2.05, 4.69) is 26.0 Å². The van der Waals surface area contributed by atoms with E-state index >= 15 is 0 Å². The third-order valence-electron chi connectivity index (χ3n) is 7.69. The van der Waals surface area contributed by atoms with Crippen LogP contribution in [0.5, 0.6) is 5.75 Å². The minimum atomic E-state index is -4.74. The lowest BCUT2D eigenvalue weighted by atomic mass is 9.79. The molecule has 190 valence electrons. The summed E-state index contributed by atoms with van der Waals surface area (Å²) >= 11 is 0. The Morgan fingerprint density at radius 1 is 1.03 bits per heavy atom. The molecule has 36 heavy (non-hydrogen) atoms. The minimum absolute atomic E-state index is 0.0636. The quantitative estimate of drug-likeness (QED) is 0.475. The van der Waals surface area contributed by atoms with Crippen molar-refractivity contribution < 1.29 is 27.4 Å². The maximum absolute atomic E-state index is 13.1. The fourth-order valence-corrected chi connectivity index (χ4v) is 6.08. The van der Waals surface area contributed by atoms with Gasteiger partial charge in [0.2, 0.25) is 0 Å². The van der Waals surface area contributed by atoms with Gasteiger partial charge in [-0.2, -0.15) is 0 Å². The number of para-hydroxylation sites is 1. The van der Waals surface area contributed by atoms with Crippen molar-refractivity contribution in [3.8, 4) is 5.75 Å². The van der Waals surface area contributed by atoms with Crippen LogP contribution in [0.15, 0.2) is 48.5 Å². The topological polar surface area (TPSA) is 66.6 Å². The van der Waals surface area contributed by atoms with Crippen molar-refractivity contribution in [1.29, 1.82) is 0 Å². The number of hydrogen-bond acceptors (Lipinski definition) is 5. The molecule has 1 saturated heterocycles. The number of carbonyl (C=O) groups is 1. The van der Waals surface area contributed by atoms with Crippen LogP contribution in [0, 0.1) is 0 Å². The largest absolute Gasteiger partial charge is 0.573 e. The molecule has 2 aromatic carbocycles. The monoisotopic (exact) mass is 499 g/mol. The zero-order chi connectivity index (χ0) is 25.0. The van der Waals surface area contributed by atoms with Gasteiger partial charge in [-0.25, -0.2) is 0 Å². The van der Waals surface area contributed by atoms with E-state index in [0.29, 0.717) is 12.5 Å². The number of alkyl halides is 3. The second kappa shape index (κ2) is 8.81. The number of methoxy groups -OCH3 is 1. The summed E-state index contributed by atoms with van der Waals surface area (Å²) in [6.45, 7) is 0. The molecule has 1 aliphatic carbocycles. The van der Waals surface area contributed by atoms with Gasteiger partial charge in [0, 0.05) is 41.1 Å². The number of carbonyl (C=O) groups excluding carboxylic acids is 1. The van der Waals surface area contributed by atoms with Crippen molar-refractivity contribution in [3.05, 3.63) is 65.4 Å². The molecule has 3 heterocycles. The number of piperidine rings is 1. The Labute approximate surface area is 206 Å². The average molecular weight is 500 g/mol. The van der Waals surface area contributed by atoms with Gasteiger partial charge in [-0.3, -0.25) is 9.69 Å². The van der Waals surface area contributed by atoms with Crippen LogP contribution in [0.2, 0.25) is 0 Å². The lowest BCUT2D eigenvalue weighted by Crippen LogP contribution is -2.55. The third-order valence-corrected chi connectivity index (χ3v) is 7.69. The average Bonchev–Trinajstić information content (AvgIpc) is 3.59. The van der Waals surface area contributed by atoms with Crippen LogP contribution in [0.4, 0.5) is 13.2 Å². The van der Waals surface area contributed by atoms with E-state index in [4.69, 9.17) is 4.74 Å². The lowest BCUT2D eigenvalue weighted by molar-refractivity contribution is -0.274. The van der Waals surface area contributed by atoms with Gasteiger partial charge in [0.05, 0.1) is 13.2 Å². The van der Waals surface area contributed by atoms with Crippen LogP contribution in [0.1, 0.15) is 54.6 Å². The molecule has 0 spiro atoms. The van der Waals surface area contributed by atoms with Gasteiger partial charge in [-0.05, 0) is 55.0 Å². The van der Waals surface area contributed by atoms with Crippen molar-refractivity contribution in [2.45, 2.75) is 68.7 Å². The summed E-state index contributed by atoms with van der Waals surface area (Å²) in [6.07, 6.45) is -0.353. The SMILES string of the molecule is COC(=O)[C@@H]1Cc2c([nH]c3ccccc23)[C@@H]2C[C@@H](NC3CC3)C[C@@H](c3ccc(OC(F)(F)F)cc3)N12. The van der Waals surface area contributed by atoms with E-state index in [1.807, 2.05) is 18.2 Å². The van der Waals surface area contributed by atoms with Gasteiger partial charge in [0.15, 0.2) is 0 Å². The van der Waals surface area contributed by atoms with Crippen molar-refractivity contribution in [2.75, 3.05) is 7.11 Å². The van der Waals surface area contributed by atoms with E-state index in [-0.39, 0.29) is 29.8 Å². The van der Waals surface area contributed by atoms with Gasteiger partial charge >= 0.3 is 12.3 Å². The van der Waals surface area contributed by atoms with Gasteiger partial charge in [-0.1, -0.05) is 30.3 Å². The molecule has 3 aromatic rings. The van der Waals surface area contributed by atoms with E-state index in [0.717, 1.165) is 53.4 Å². The highest BCUT2D eigenvalue weighted by molar-refractivity contribution is 5.87. The molecule has 2 N–H and O–H groups in total. The zero-order valence-electron chi connectivity index (χ0n) is 19.8. The fourth-order valence-electron chi connectivity index (χ4n) is 6.08. The highest BCUT2D eigenvalue weighted by Crippen LogP contribution is 2.49. The van der Waals surface area contributed by atoms with Crippen molar-refractivity contribution in [1.82, 2.24) is 15.2 Å². The summed E-state index contributed by atoms with van der Waals surface area (Å²) in [5.74, 6) is -0.557. The number of fused-ring (bicyclic) bond motifs is 5. The second-order valence-corrected chi connectivity index (χ2v) is 10.0. The van der Waals surface area contributed by atoms with Gasteiger partial charge in [-0.15, -0.1) is 13.2 Å². The van der Waals surface area contributed by atoms with E-state index in [9.17, 15) is 18.0 Å². The Morgan fingerprint density at radius 2 is 1.75 bits per heavy atom. The first kappa shape index (κ1) is 23.4. The van der Waals surface area contributed by atoms with Crippen LogP contribution in [0.3, 0.4) is 0 Å². The lowest BCUT2D eigenvalue weighted by Gasteiger charge is -2.50. The molecular formula is C27H28F3N3O3. The maximum atomic E-state index is 13.1. The molecule has 0 radical (unpaired) electrons. The number of esters is 1. The fraction of sp³-hybridized carbons (Fsp3) is 0.444. The summed E-state index contributed by atoms with van der Waals surface area (Å²) in [5.41, 5.74) is 4.14. The van der Waals surface area contributed by atoms with Crippen LogP contribution in [0.25, 0.3) is 10.9 Å². The normalized spacial score (nSPS) is 26.3. The Balaban J connectivity index is 1.42. The van der Waals surface area contributed by atoms with Gasteiger partial charge in [0.25, 0.3) is 0 Å². The Bertz CT molecular complexity index is 1270. The van der Waals surface area contributed by atoms with Crippen LogP contribution < -0.4 is 10.1 Å². The molecule has 1 saturated carbocycles. The summed E-state index contributed by atoms with van der Waals surface area (Å²) in [7, 11) is 1.40. The number of nitrogens with zero attached hydrogens (tertiary/aromatic N) is 1. The maximum Gasteiger partial charge on any atom is 0.573 e. The predicted octanol–water partition coefficient (Wildman–Crippen LogP) is 5.16. The van der Waals surface area contributed by atoms with Crippen LogP contribution >= 0.6 is 0 Å². The first-order valence-electron chi connectivity index (χ1n) is 12.4. The zero-order valence-corrected chi connectivity index (χ0v) is 19.8. The van der Waals surface area contributed by atoms with Crippen molar-refractivity contribution >= 4 is 16.9 Å². The third kappa shape index (κ3) is 4.35. The summed E-state index contributed by atoms with van der Waals surface area (Å²) < 4.78 is 47.5. The number of rotatable bonds is 5. The summed E-state index contributed by atoms with van der Waals surface area (Å²) in [6, 6.07) is 14.2. The second-order valence-electron chi connectivity index (χ2n) is 10.0. The van der Waals surface area contributed by atoms with Crippen molar-refractivity contribution in [2.24, 2.45) is 0 Å². The highest BCUT2D eigenvalue weighted by Gasteiger charge is 2.48. The standard InChI is InChI=1S/C27H28F3N3O3/c1-35-26(34)24-14-20-19-4-2-3-5-21(19)32-25(20)23-13-17(31-16-8-9-16)12-22(33(23)24)15-6-10-18(11-7-15)36-27(28,29)30/h2-7,10-11,16-17,22-24,31-32H,8-9,12-14H2,1H3/t17-,22-,23-,24-/m0/s1. The number of H-pyrrole nitrogens is 1. The molecule has 2 aliphatic heterocycles. The Hall–Kier alpha value is -3.04. The van der Waals surface area contributed by atoms with Gasteiger partial charge in [0.1, 0.15) is 11.8 Å². The first-order valence-corrected chi connectivity index (χ1v) is 12.4. The molecule has 3 aliphatic rings. The minimum Gasteiger partial charge on any atom is -0.468 e. The molecule has 2 fully saturated rings. The number of halogens is 3. The highest BCUT2D eigenvalue weighted by atomic mass is 19.4. The number of ether oxygens (including phenoxy) is 2. The molecule has 9 heteroatoms. The molecular weight excluding hydrogens is 471 g/mol. The molecule has 0 unspecified atom stereocenters. The molecule has 6 nitrogen and oxygen atoms in total. The molecule has 0 bridgehead atoms. The van der Waals surface area contributed by atoms with Crippen LogP contribution in [-0.2, 0) is 16.0 Å². The molecule has 6 rings (SSSR count).